The quantitative estimate of drug-likeness (QED) is 0.548. The second-order valence-corrected chi connectivity index (χ2v) is 5.98. The molecule has 0 aliphatic carbocycles. The molecule has 2 rings (SSSR count). The molecule has 0 unspecified atom stereocenters. The number of rotatable bonds is 6. The van der Waals surface area contributed by atoms with Crippen molar-refractivity contribution >= 4 is 25.8 Å². The summed E-state index contributed by atoms with van der Waals surface area (Å²) in [5, 5.41) is 9.34. The van der Waals surface area contributed by atoms with E-state index in [0.717, 1.165) is 0 Å². The number of aromatic hydroxyl groups is 1. The third-order valence-electron chi connectivity index (χ3n) is 2.83. The molecule has 0 radical (unpaired) electrons. The molecule has 0 aromatic heterocycles. The lowest BCUT2D eigenvalue weighted by Crippen LogP contribution is -1.90. The van der Waals surface area contributed by atoms with E-state index in [1.54, 1.807) is 30.3 Å². The Morgan fingerprint density at radius 3 is 2.12 bits per heavy atom. The lowest BCUT2D eigenvalue weighted by Gasteiger charge is -2.06. The van der Waals surface area contributed by atoms with Gasteiger partial charge in [0.05, 0.1) is 0 Å². The topological polar surface area (TPSA) is 104 Å². The van der Waals surface area contributed by atoms with Crippen LogP contribution in [0, 0.1) is 0 Å². The van der Waals surface area contributed by atoms with Crippen LogP contribution in [-0.4, -0.2) is 20.7 Å². The van der Waals surface area contributed by atoms with E-state index in [1.165, 1.54) is 42.5 Å². The number of phenolic OH excluding ortho intramolecular Hbond substituents is 1. The van der Waals surface area contributed by atoms with Gasteiger partial charge >= 0.3 is 7.82 Å². The summed E-state index contributed by atoms with van der Waals surface area (Å²) in [6, 6.07) is 12.5. The average Bonchev–Trinajstić information content (AvgIpc) is 2.50. The van der Waals surface area contributed by atoms with Crippen molar-refractivity contribution in [3.8, 4) is 11.5 Å². The van der Waals surface area contributed by atoms with Crippen molar-refractivity contribution in [2.75, 3.05) is 0 Å². The van der Waals surface area contributed by atoms with Crippen LogP contribution >= 0.6 is 7.82 Å². The Bertz CT molecular complexity index is 834. The highest BCUT2D eigenvalue weighted by atomic mass is 31.2. The molecule has 0 spiro atoms. The molecule has 7 heteroatoms. The van der Waals surface area contributed by atoms with Gasteiger partial charge in [-0.15, -0.1) is 0 Å². The van der Waals surface area contributed by atoms with Gasteiger partial charge in [-0.2, -0.15) is 0 Å². The van der Waals surface area contributed by atoms with Crippen molar-refractivity contribution in [3.05, 3.63) is 71.8 Å². The lowest BCUT2D eigenvalue weighted by atomic mass is 10.1. The first-order valence-electron chi connectivity index (χ1n) is 6.86. The molecule has 3 N–H and O–H groups in total. The van der Waals surface area contributed by atoms with Crippen LogP contribution in [0.25, 0.3) is 12.2 Å². The minimum Gasteiger partial charge on any atom is -0.508 e. The van der Waals surface area contributed by atoms with Crippen LogP contribution in [0.1, 0.15) is 11.1 Å². The third-order valence-corrected chi connectivity index (χ3v) is 3.28. The van der Waals surface area contributed by atoms with Crippen molar-refractivity contribution in [1.29, 1.82) is 0 Å². The number of ketones is 1. The normalized spacial score (nSPS) is 11.9. The summed E-state index contributed by atoms with van der Waals surface area (Å²) < 4.78 is 15.3. The maximum absolute atomic E-state index is 11.8. The number of carbonyl (C=O) groups is 1. The van der Waals surface area contributed by atoms with Gasteiger partial charge in [0.15, 0.2) is 5.78 Å². The molecule has 0 saturated heterocycles. The van der Waals surface area contributed by atoms with Gasteiger partial charge in [-0.25, -0.2) is 4.57 Å². The summed E-state index contributed by atoms with van der Waals surface area (Å²) in [6.07, 6.45) is 5.73. The zero-order chi connectivity index (χ0) is 17.6. The maximum atomic E-state index is 11.8. The summed E-state index contributed by atoms with van der Waals surface area (Å²) in [5.74, 6) is -0.158. The van der Waals surface area contributed by atoms with E-state index in [2.05, 4.69) is 4.52 Å². The first-order valence-corrected chi connectivity index (χ1v) is 8.39. The van der Waals surface area contributed by atoms with Gasteiger partial charge in [0.2, 0.25) is 0 Å². The molecular weight excluding hydrogens is 331 g/mol. The summed E-state index contributed by atoms with van der Waals surface area (Å²) in [5.41, 5.74) is 1.24. The Kier molecular flexibility index (Phi) is 5.71. The minimum absolute atomic E-state index is 0.00763. The average molecular weight is 346 g/mol. The summed E-state index contributed by atoms with van der Waals surface area (Å²) in [4.78, 5) is 29.3. The van der Waals surface area contributed by atoms with Gasteiger partial charge < -0.3 is 9.63 Å². The van der Waals surface area contributed by atoms with E-state index < -0.39 is 7.82 Å². The Morgan fingerprint density at radius 1 is 0.958 bits per heavy atom. The van der Waals surface area contributed by atoms with E-state index >= 15 is 0 Å². The highest BCUT2D eigenvalue weighted by molar-refractivity contribution is 7.46. The molecule has 24 heavy (non-hydrogen) atoms. The second kappa shape index (κ2) is 7.75. The molecular formula is C17H15O6P. The van der Waals surface area contributed by atoms with Crippen LogP contribution in [0.15, 0.2) is 60.7 Å². The Labute approximate surface area is 138 Å². The molecule has 0 aliphatic rings. The molecule has 0 fully saturated rings. The highest BCUT2D eigenvalue weighted by Crippen LogP contribution is 2.37. The van der Waals surface area contributed by atoms with E-state index in [9.17, 15) is 14.5 Å². The SMILES string of the molecule is O=C(/C=C/c1cccc(O)c1)/C=C/c1cccc(OP(=O)(O)O)c1. The van der Waals surface area contributed by atoms with E-state index in [4.69, 9.17) is 9.79 Å². The zero-order valence-corrected chi connectivity index (χ0v) is 13.3. The molecule has 0 bridgehead atoms. The number of phenols is 1. The minimum atomic E-state index is -4.62. The van der Waals surface area contributed by atoms with Crippen LogP contribution in [0.5, 0.6) is 11.5 Å². The first-order chi connectivity index (χ1) is 11.3. The van der Waals surface area contributed by atoms with E-state index in [1.807, 2.05) is 0 Å². The van der Waals surface area contributed by atoms with Crippen LogP contribution < -0.4 is 4.52 Å². The van der Waals surface area contributed by atoms with Gasteiger partial charge in [0.25, 0.3) is 0 Å². The van der Waals surface area contributed by atoms with E-state index in [0.29, 0.717) is 11.1 Å². The monoisotopic (exact) mass is 346 g/mol. The number of phosphoric ester groups is 1. The molecule has 0 atom stereocenters. The fourth-order valence-electron chi connectivity index (χ4n) is 1.85. The Morgan fingerprint density at radius 2 is 1.54 bits per heavy atom. The highest BCUT2D eigenvalue weighted by Gasteiger charge is 2.15. The number of phosphoric acid groups is 1. The fraction of sp³-hybridized carbons (Fsp3) is 0. The largest absolute Gasteiger partial charge is 0.524 e. The third kappa shape index (κ3) is 6.22. The smallest absolute Gasteiger partial charge is 0.508 e. The van der Waals surface area contributed by atoms with Crippen LogP contribution in [0.3, 0.4) is 0 Å². The number of carbonyl (C=O) groups excluding carboxylic acids is 1. The number of benzene rings is 2. The van der Waals surface area contributed by atoms with Crippen molar-refractivity contribution in [3.63, 3.8) is 0 Å². The van der Waals surface area contributed by atoms with Crippen molar-refractivity contribution in [1.82, 2.24) is 0 Å². The van der Waals surface area contributed by atoms with Crippen LogP contribution in [0.2, 0.25) is 0 Å². The van der Waals surface area contributed by atoms with Crippen LogP contribution in [0.4, 0.5) is 0 Å². The lowest BCUT2D eigenvalue weighted by molar-refractivity contribution is -0.110. The predicted octanol–water partition coefficient (Wildman–Crippen LogP) is 3.16. The van der Waals surface area contributed by atoms with Gasteiger partial charge in [0, 0.05) is 0 Å². The van der Waals surface area contributed by atoms with Gasteiger partial charge in [-0.05, 0) is 47.5 Å². The van der Waals surface area contributed by atoms with E-state index in [-0.39, 0.29) is 17.3 Å². The molecule has 0 amide bonds. The molecule has 6 nitrogen and oxygen atoms in total. The predicted molar refractivity (Wildman–Crippen MR) is 90.3 cm³/mol. The Balaban J connectivity index is 2.03. The number of hydrogen-bond donors (Lipinski definition) is 3. The van der Waals surface area contributed by atoms with Gasteiger partial charge in [-0.1, -0.05) is 36.4 Å². The molecule has 0 saturated carbocycles. The molecule has 0 aliphatic heterocycles. The summed E-state index contributed by atoms with van der Waals surface area (Å²) in [6.45, 7) is 0. The van der Waals surface area contributed by atoms with Gasteiger partial charge in [-0.3, -0.25) is 14.6 Å². The first kappa shape index (κ1) is 17.7. The molecule has 2 aromatic carbocycles. The Hall–Kier alpha value is -2.66. The molecule has 0 heterocycles. The number of allylic oxidation sites excluding steroid dienone is 2. The zero-order valence-electron chi connectivity index (χ0n) is 12.4. The summed E-state index contributed by atoms with van der Waals surface area (Å²) in [7, 11) is -4.62. The van der Waals surface area contributed by atoms with Crippen molar-refractivity contribution in [2.24, 2.45) is 0 Å². The van der Waals surface area contributed by atoms with Crippen molar-refractivity contribution in [2.45, 2.75) is 0 Å². The van der Waals surface area contributed by atoms with Crippen molar-refractivity contribution < 1.29 is 28.8 Å². The van der Waals surface area contributed by atoms with Gasteiger partial charge in [0.1, 0.15) is 11.5 Å². The van der Waals surface area contributed by atoms with Crippen LogP contribution in [-0.2, 0) is 9.36 Å². The standard InChI is InChI=1S/C17H15O6P/c18-15(9-7-13-3-1-5-16(19)11-13)10-8-14-4-2-6-17(12-14)23-24(20,21)22/h1-12,19H,(H2,20,21,22)/b9-7+,10-8+. The number of hydrogen-bond acceptors (Lipinski definition) is 4. The second-order valence-electron chi connectivity index (χ2n) is 4.82. The molecule has 2 aromatic rings. The maximum Gasteiger partial charge on any atom is 0.524 e. The fourth-order valence-corrected chi connectivity index (χ4v) is 2.24. The summed E-state index contributed by atoms with van der Waals surface area (Å²) >= 11 is 0. The molecule has 124 valence electrons.